The van der Waals surface area contributed by atoms with Crippen molar-refractivity contribution in [3.63, 3.8) is 0 Å². The summed E-state index contributed by atoms with van der Waals surface area (Å²) in [6, 6.07) is 0. The molecule has 18 heavy (non-hydrogen) atoms. The molecule has 0 N–H and O–H groups in total. The van der Waals surface area contributed by atoms with Crippen LogP contribution >= 0.6 is 0 Å². The van der Waals surface area contributed by atoms with E-state index in [1.165, 1.54) is 0 Å². The number of alkyl halides is 3. The third-order valence-electron chi connectivity index (χ3n) is 2.47. The van der Waals surface area contributed by atoms with Gasteiger partial charge in [0.15, 0.2) is 0 Å². The Bertz CT molecular complexity index is 217. The van der Waals surface area contributed by atoms with Crippen LogP contribution < -0.4 is 0 Å². The molecule has 0 aromatic carbocycles. The summed E-state index contributed by atoms with van der Waals surface area (Å²) in [5.41, 5.74) is -0.797. The average molecular weight is 272 g/mol. The second kappa shape index (κ2) is 7.96. The van der Waals surface area contributed by atoms with Crippen LogP contribution in [0.15, 0.2) is 0 Å². The maximum absolute atomic E-state index is 12.0. The first kappa shape index (κ1) is 17.7. The molecule has 1 atom stereocenters. The summed E-state index contributed by atoms with van der Waals surface area (Å²) in [7, 11) is 1.59. The largest absolute Gasteiger partial charge is 0.411 e. The van der Waals surface area contributed by atoms with Crippen LogP contribution in [0.5, 0.6) is 0 Å². The number of ether oxygens (including phenoxy) is 3. The average Bonchev–Trinajstić information content (AvgIpc) is 2.24. The summed E-state index contributed by atoms with van der Waals surface area (Å²) in [5.74, 6) is 0. The van der Waals surface area contributed by atoms with Crippen LogP contribution in [-0.2, 0) is 14.2 Å². The van der Waals surface area contributed by atoms with Gasteiger partial charge in [0.2, 0.25) is 0 Å². The van der Waals surface area contributed by atoms with E-state index in [4.69, 9.17) is 14.2 Å². The molecule has 0 aliphatic heterocycles. The van der Waals surface area contributed by atoms with Gasteiger partial charge < -0.3 is 14.2 Å². The van der Waals surface area contributed by atoms with Crippen molar-refractivity contribution >= 4 is 0 Å². The lowest BCUT2D eigenvalue weighted by Crippen LogP contribution is -2.31. The van der Waals surface area contributed by atoms with Gasteiger partial charge in [0.1, 0.15) is 6.61 Å². The van der Waals surface area contributed by atoms with Crippen molar-refractivity contribution in [1.82, 2.24) is 0 Å². The molecule has 0 heterocycles. The summed E-state index contributed by atoms with van der Waals surface area (Å²) in [6.45, 7) is 4.98. The van der Waals surface area contributed by atoms with Gasteiger partial charge >= 0.3 is 6.18 Å². The Kier molecular flexibility index (Phi) is 7.82. The molecule has 0 amide bonds. The van der Waals surface area contributed by atoms with E-state index < -0.39 is 18.4 Å². The highest BCUT2D eigenvalue weighted by Crippen LogP contribution is 2.23. The predicted octanol–water partition coefficient (Wildman–Crippen LogP) is 3.18. The summed E-state index contributed by atoms with van der Waals surface area (Å²) < 4.78 is 51.2. The maximum Gasteiger partial charge on any atom is 0.411 e. The number of halogens is 3. The van der Waals surface area contributed by atoms with Crippen LogP contribution in [0.2, 0.25) is 0 Å². The minimum absolute atomic E-state index is 0.0195. The van der Waals surface area contributed by atoms with E-state index >= 15 is 0 Å². The van der Waals surface area contributed by atoms with Crippen LogP contribution in [0, 0.1) is 0 Å². The monoisotopic (exact) mass is 272 g/mol. The zero-order valence-electron chi connectivity index (χ0n) is 11.5. The first-order chi connectivity index (χ1) is 8.16. The summed E-state index contributed by atoms with van der Waals surface area (Å²) in [6.07, 6.45) is -3.14. The lowest BCUT2D eigenvalue weighted by molar-refractivity contribution is -0.201. The third-order valence-corrected chi connectivity index (χ3v) is 2.47. The van der Waals surface area contributed by atoms with Crippen molar-refractivity contribution in [3.05, 3.63) is 0 Å². The van der Waals surface area contributed by atoms with Gasteiger partial charge in [0.05, 0.1) is 24.9 Å². The molecule has 110 valence electrons. The molecule has 0 aromatic rings. The van der Waals surface area contributed by atoms with Crippen LogP contribution in [-0.4, -0.2) is 44.8 Å². The molecule has 0 aliphatic rings. The molecule has 0 aromatic heterocycles. The zero-order valence-corrected chi connectivity index (χ0v) is 11.5. The first-order valence-electron chi connectivity index (χ1n) is 5.97. The van der Waals surface area contributed by atoms with Gasteiger partial charge in [-0.15, -0.1) is 0 Å². The highest BCUT2D eigenvalue weighted by Gasteiger charge is 2.31. The van der Waals surface area contributed by atoms with Gasteiger partial charge in [-0.05, 0) is 33.6 Å². The molecule has 0 spiro atoms. The third kappa shape index (κ3) is 10.8. The summed E-state index contributed by atoms with van der Waals surface area (Å²) in [5, 5.41) is 0. The van der Waals surface area contributed by atoms with E-state index in [0.29, 0.717) is 26.1 Å². The number of hydrogen-bond acceptors (Lipinski definition) is 3. The number of hydrogen-bond donors (Lipinski definition) is 0. The highest BCUT2D eigenvalue weighted by atomic mass is 19.4. The molecular formula is C12H23F3O3. The molecule has 0 saturated heterocycles. The van der Waals surface area contributed by atoms with E-state index in [2.05, 4.69) is 0 Å². The molecule has 1 unspecified atom stereocenters. The second-order valence-electron chi connectivity index (χ2n) is 4.88. The van der Waals surface area contributed by atoms with E-state index in [-0.39, 0.29) is 6.10 Å². The Hall–Kier alpha value is -0.330. The lowest BCUT2D eigenvalue weighted by Gasteiger charge is -2.27. The fraction of sp³-hybridized carbons (Fsp3) is 1.00. The Morgan fingerprint density at radius 1 is 1.11 bits per heavy atom. The van der Waals surface area contributed by atoms with Gasteiger partial charge in [-0.1, -0.05) is 0 Å². The SMILES string of the molecule is COCCOC(C)CCC(C)(C)OCC(F)(F)F. The van der Waals surface area contributed by atoms with Crippen LogP contribution in [0.4, 0.5) is 13.2 Å². The molecule has 0 rings (SSSR count). The molecule has 0 saturated carbocycles. The molecule has 0 fully saturated rings. The summed E-state index contributed by atoms with van der Waals surface area (Å²) >= 11 is 0. The fourth-order valence-corrected chi connectivity index (χ4v) is 1.32. The smallest absolute Gasteiger partial charge is 0.382 e. The van der Waals surface area contributed by atoms with Gasteiger partial charge in [0.25, 0.3) is 0 Å². The van der Waals surface area contributed by atoms with Crippen molar-refractivity contribution in [2.75, 3.05) is 26.9 Å². The first-order valence-corrected chi connectivity index (χ1v) is 5.97. The van der Waals surface area contributed by atoms with Crippen molar-refractivity contribution in [3.8, 4) is 0 Å². The maximum atomic E-state index is 12.0. The van der Waals surface area contributed by atoms with Crippen LogP contribution in [0.1, 0.15) is 33.6 Å². The van der Waals surface area contributed by atoms with Crippen molar-refractivity contribution in [2.24, 2.45) is 0 Å². The minimum Gasteiger partial charge on any atom is -0.382 e. The van der Waals surface area contributed by atoms with E-state index in [1.807, 2.05) is 6.92 Å². The van der Waals surface area contributed by atoms with Crippen molar-refractivity contribution in [1.29, 1.82) is 0 Å². The number of rotatable bonds is 9. The predicted molar refractivity (Wildman–Crippen MR) is 62.6 cm³/mol. The van der Waals surface area contributed by atoms with E-state index in [1.54, 1.807) is 21.0 Å². The van der Waals surface area contributed by atoms with Crippen molar-refractivity contribution < 1.29 is 27.4 Å². The van der Waals surface area contributed by atoms with Gasteiger partial charge in [0, 0.05) is 7.11 Å². The van der Waals surface area contributed by atoms with Crippen molar-refractivity contribution in [2.45, 2.75) is 51.5 Å². The minimum atomic E-state index is -4.28. The highest BCUT2D eigenvalue weighted by molar-refractivity contribution is 4.71. The normalized spacial score (nSPS) is 14.8. The molecular weight excluding hydrogens is 249 g/mol. The van der Waals surface area contributed by atoms with Crippen LogP contribution in [0.25, 0.3) is 0 Å². The molecule has 6 heteroatoms. The Morgan fingerprint density at radius 3 is 2.22 bits per heavy atom. The molecule has 0 bridgehead atoms. The standard InChI is InChI=1S/C12H23F3O3/c1-10(17-8-7-16-4)5-6-11(2,3)18-9-12(13,14)15/h10H,5-9H2,1-4H3. The van der Waals surface area contributed by atoms with E-state index in [9.17, 15) is 13.2 Å². The second-order valence-corrected chi connectivity index (χ2v) is 4.88. The zero-order chi connectivity index (χ0) is 14.2. The molecule has 0 aliphatic carbocycles. The number of methoxy groups -OCH3 is 1. The Labute approximate surface area is 107 Å². The quantitative estimate of drug-likeness (QED) is 0.603. The van der Waals surface area contributed by atoms with E-state index in [0.717, 1.165) is 0 Å². The lowest BCUT2D eigenvalue weighted by atomic mass is 10.0. The topological polar surface area (TPSA) is 27.7 Å². The van der Waals surface area contributed by atoms with Gasteiger partial charge in [-0.25, -0.2) is 0 Å². The molecule has 3 nitrogen and oxygen atoms in total. The van der Waals surface area contributed by atoms with Gasteiger partial charge in [-0.2, -0.15) is 13.2 Å². The molecule has 0 radical (unpaired) electrons. The fourth-order valence-electron chi connectivity index (χ4n) is 1.32. The summed E-state index contributed by atoms with van der Waals surface area (Å²) in [4.78, 5) is 0. The van der Waals surface area contributed by atoms with Gasteiger partial charge in [-0.3, -0.25) is 0 Å². The Morgan fingerprint density at radius 2 is 1.72 bits per heavy atom. The Balaban J connectivity index is 3.81. The van der Waals surface area contributed by atoms with Crippen LogP contribution in [0.3, 0.4) is 0 Å².